The third-order valence-corrected chi connectivity index (χ3v) is 4.89. The Morgan fingerprint density at radius 2 is 2.05 bits per heavy atom. The summed E-state index contributed by atoms with van der Waals surface area (Å²) in [6.45, 7) is 0. The highest BCUT2D eigenvalue weighted by Crippen LogP contribution is 2.35. The van der Waals surface area contributed by atoms with E-state index in [2.05, 4.69) is 5.10 Å². The van der Waals surface area contributed by atoms with Crippen LogP contribution in [0.4, 0.5) is 5.82 Å². The van der Waals surface area contributed by atoms with Gasteiger partial charge in [0, 0.05) is 29.8 Å². The maximum atomic E-state index is 11.8. The summed E-state index contributed by atoms with van der Waals surface area (Å²) in [4.78, 5) is 1.02. The van der Waals surface area contributed by atoms with Gasteiger partial charge in [0.25, 0.3) is 0 Å². The highest BCUT2D eigenvalue weighted by molar-refractivity contribution is 7.99. The average Bonchev–Trinajstić information content (AvgIpc) is 2.67. The number of sulfone groups is 1. The fraction of sp³-hybridized carbons (Fsp3) is 0.250. The predicted octanol–water partition coefficient (Wildman–Crippen LogP) is 1.79. The van der Waals surface area contributed by atoms with Crippen molar-refractivity contribution in [1.29, 1.82) is 0 Å². The maximum Gasteiger partial charge on any atom is 0.176 e. The molecule has 2 N–H and O–H groups in total. The molecule has 0 amide bonds. The van der Waals surface area contributed by atoms with Gasteiger partial charge in [-0.25, -0.2) is 8.42 Å². The number of rotatable bonds is 3. The van der Waals surface area contributed by atoms with E-state index in [1.54, 1.807) is 29.9 Å². The number of thioether (sulfide) groups is 1. The van der Waals surface area contributed by atoms with E-state index in [-0.39, 0.29) is 0 Å². The van der Waals surface area contributed by atoms with Gasteiger partial charge in [-0.05, 0) is 12.3 Å². The Bertz CT molecular complexity index is 701. The summed E-state index contributed by atoms with van der Waals surface area (Å²) in [5.41, 5.74) is 7.22. The summed E-state index contributed by atoms with van der Waals surface area (Å²) in [5.74, 6) is 0.534. The van der Waals surface area contributed by atoms with Crippen molar-refractivity contribution in [1.82, 2.24) is 9.78 Å². The third kappa shape index (κ3) is 2.62. The monoisotopic (exact) mass is 297 g/mol. The quantitative estimate of drug-likeness (QED) is 0.874. The van der Waals surface area contributed by atoms with Crippen molar-refractivity contribution in [3.63, 3.8) is 0 Å². The molecule has 2 aromatic rings. The van der Waals surface area contributed by atoms with Crippen LogP contribution in [0.15, 0.2) is 34.1 Å². The van der Waals surface area contributed by atoms with E-state index in [4.69, 9.17) is 5.73 Å². The number of hydrogen-bond donors (Lipinski definition) is 1. The van der Waals surface area contributed by atoms with Crippen LogP contribution >= 0.6 is 11.8 Å². The van der Waals surface area contributed by atoms with Crippen LogP contribution in [0.1, 0.15) is 0 Å². The Morgan fingerprint density at radius 1 is 1.37 bits per heavy atom. The number of benzene rings is 1. The topological polar surface area (TPSA) is 78.0 Å². The molecular weight excluding hydrogens is 282 g/mol. The number of hydrogen-bond acceptors (Lipinski definition) is 5. The van der Waals surface area contributed by atoms with E-state index in [9.17, 15) is 8.42 Å². The van der Waals surface area contributed by atoms with Crippen LogP contribution < -0.4 is 5.73 Å². The van der Waals surface area contributed by atoms with Crippen LogP contribution in [0, 0.1) is 0 Å². The van der Waals surface area contributed by atoms with Crippen LogP contribution in [0.2, 0.25) is 0 Å². The van der Waals surface area contributed by atoms with Crippen LogP contribution in [-0.4, -0.2) is 30.7 Å². The van der Waals surface area contributed by atoms with Crippen molar-refractivity contribution < 1.29 is 8.42 Å². The fourth-order valence-electron chi connectivity index (χ4n) is 1.83. The van der Waals surface area contributed by atoms with Crippen molar-refractivity contribution >= 4 is 27.4 Å². The van der Waals surface area contributed by atoms with Gasteiger partial charge >= 0.3 is 0 Å². The van der Waals surface area contributed by atoms with Crippen LogP contribution in [0.25, 0.3) is 11.3 Å². The normalized spacial score (nSPS) is 11.7. The van der Waals surface area contributed by atoms with E-state index >= 15 is 0 Å². The molecule has 0 spiro atoms. The lowest BCUT2D eigenvalue weighted by molar-refractivity contribution is 0.600. The second-order valence-electron chi connectivity index (χ2n) is 4.19. The largest absolute Gasteiger partial charge is 0.384 e. The average molecular weight is 297 g/mol. The molecule has 1 aromatic heterocycles. The van der Waals surface area contributed by atoms with Gasteiger partial charge in [0.1, 0.15) is 5.82 Å². The maximum absolute atomic E-state index is 11.8. The molecule has 5 nitrogen and oxygen atoms in total. The second kappa shape index (κ2) is 4.90. The minimum absolute atomic E-state index is 0.321. The summed E-state index contributed by atoms with van der Waals surface area (Å²) in [5, 5.41) is 4.30. The molecule has 0 saturated carbocycles. The predicted molar refractivity (Wildman–Crippen MR) is 77.9 cm³/mol. The molecule has 0 aliphatic heterocycles. The molecule has 0 saturated heterocycles. The number of nitrogen functional groups attached to an aromatic ring is 1. The van der Waals surface area contributed by atoms with Gasteiger partial charge in [0.2, 0.25) is 0 Å². The molecule has 2 rings (SSSR count). The van der Waals surface area contributed by atoms with E-state index in [1.807, 2.05) is 12.3 Å². The zero-order valence-electron chi connectivity index (χ0n) is 10.9. The van der Waals surface area contributed by atoms with Gasteiger partial charge in [0.05, 0.1) is 10.6 Å². The molecule has 1 aromatic carbocycles. The van der Waals surface area contributed by atoms with Gasteiger partial charge in [-0.15, -0.1) is 11.8 Å². The number of aryl methyl sites for hydroxylation is 1. The number of nitrogens with zero attached hydrogens (tertiary/aromatic N) is 2. The van der Waals surface area contributed by atoms with Gasteiger partial charge in [-0.2, -0.15) is 5.10 Å². The molecule has 1 heterocycles. The number of nitrogens with two attached hydrogens (primary N) is 1. The first-order valence-corrected chi connectivity index (χ1v) is 8.63. The van der Waals surface area contributed by atoms with E-state index in [1.165, 1.54) is 18.0 Å². The fourth-order valence-corrected chi connectivity index (χ4v) is 3.97. The summed E-state index contributed by atoms with van der Waals surface area (Å²) >= 11 is 1.39. The first-order valence-electron chi connectivity index (χ1n) is 5.51. The first kappa shape index (κ1) is 14.0. The van der Waals surface area contributed by atoms with Crippen molar-refractivity contribution in [3.05, 3.63) is 24.3 Å². The van der Waals surface area contributed by atoms with E-state index in [0.29, 0.717) is 21.3 Å². The summed E-state index contributed by atoms with van der Waals surface area (Å²) in [6.07, 6.45) is 3.05. The Balaban J connectivity index is 2.71. The Kier molecular flexibility index (Phi) is 3.60. The van der Waals surface area contributed by atoms with E-state index in [0.717, 1.165) is 5.56 Å². The molecule has 0 atom stereocenters. The minimum atomic E-state index is -3.27. The molecular formula is C12H15N3O2S2. The molecule has 19 heavy (non-hydrogen) atoms. The van der Waals surface area contributed by atoms with Gasteiger partial charge in [-0.3, -0.25) is 4.68 Å². The highest BCUT2D eigenvalue weighted by Gasteiger charge is 2.18. The Morgan fingerprint density at radius 3 is 2.53 bits per heavy atom. The third-order valence-electron chi connectivity index (χ3n) is 2.77. The van der Waals surface area contributed by atoms with Crippen LogP contribution in [0.5, 0.6) is 0 Å². The van der Waals surface area contributed by atoms with Crippen molar-refractivity contribution in [3.8, 4) is 11.3 Å². The molecule has 102 valence electrons. The molecule has 0 aliphatic carbocycles. The molecule has 0 fully saturated rings. The standard InChI is InChI=1S/C12H15N3O2S2/c1-15-11(13)7-9(14-15)8-5-4-6-10(12(8)18-2)19(3,16)17/h4-7H,13H2,1-3H3. The second-order valence-corrected chi connectivity index (χ2v) is 6.99. The Hall–Kier alpha value is -1.47. The summed E-state index contributed by atoms with van der Waals surface area (Å²) in [6, 6.07) is 6.91. The molecule has 0 bridgehead atoms. The van der Waals surface area contributed by atoms with Crippen LogP contribution in [0.3, 0.4) is 0 Å². The smallest absolute Gasteiger partial charge is 0.176 e. The summed E-state index contributed by atoms with van der Waals surface area (Å²) in [7, 11) is -1.52. The minimum Gasteiger partial charge on any atom is -0.384 e. The van der Waals surface area contributed by atoms with Crippen molar-refractivity contribution in [2.75, 3.05) is 18.2 Å². The zero-order chi connectivity index (χ0) is 14.2. The lowest BCUT2D eigenvalue weighted by Crippen LogP contribution is -2.01. The highest BCUT2D eigenvalue weighted by atomic mass is 32.2. The van der Waals surface area contributed by atoms with E-state index < -0.39 is 9.84 Å². The summed E-state index contributed by atoms with van der Waals surface area (Å²) < 4.78 is 25.2. The first-order chi connectivity index (χ1) is 8.84. The lowest BCUT2D eigenvalue weighted by Gasteiger charge is -2.09. The van der Waals surface area contributed by atoms with Gasteiger partial charge in [-0.1, -0.05) is 12.1 Å². The zero-order valence-corrected chi connectivity index (χ0v) is 12.5. The molecule has 0 aliphatic rings. The number of anilines is 1. The molecule has 0 unspecified atom stereocenters. The lowest BCUT2D eigenvalue weighted by atomic mass is 10.1. The number of aromatic nitrogens is 2. The van der Waals surface area contributed by atoms with Crippen LogP contribution in [-0.2, 0) is 16.9 Å². The molecule has 7 heteroatoms. The SMILES string of the molecule is CSc1c(-c2cc(N)n(C)n2)cccc1S(C)(=O)=O. The Labute approximate surface area is 116 Å². The molecule has 0 radical (unpaired) electrons. The van der Waals surface area contributed by atoms with Gasteiger partial charge < -0.3 is 5.73 Å². The van der Waals surface area contributed by atoms with Gasteiger partial charge in [0.15, 0.2) is 9.84 Å². The van der Waals surface area contributed by atoms with Crippen molar-refractivity contribution in [2.45, 2.75) is 9.79 Å². The van der Waals surface area contributed by atoms with Crippen molar-refractivity contribution in [2.24, 2.45) is 7.05 Å².